The van der Waals surface area contributed by atoms with Crippen molar-refractivity contribution in [3.05, 3.63) is 88.9 Å². The fourth-order valence-electron chi connectivity index (χ4n) is 3.09. The predicted octanol–water partition coefficient (Wildman–Crippen LogP) is 5.02. The molecule has 0 N–H and O–H groups in total. The van der Waals surface area contributed by atoms with E-state index in [1.165, 1.54) is 0 Å². The molecule has 152 valence electrons. The van der Waals surface area contributed by atoms with Crippen LogP contribution < -0.4 is 9.47 Å². The summed E-state index contributed by atoms with van der Waals surface area (Å²) in [5.74, 6) is 2.22. The summed E-state index contributed by atoms with van der Waals surface area (Å²) in [6.45, 7) is 3.48. The average Bonchev–Trinajstić information content (AvgIpc) is 3.23. The van der Waals surface area contributed by atoms with Crippen molar-refractivity contribution in [3.63, 3.8) is 0 Å². The Balaban J connectivity index is 1.56. The first-order valence-corrected chi connectivity index (χ1v) is 10.1. The van der Waals surface area contributed by atoms with Gasteiger partial charge in [0, 0.05) is 16.1 Å². The van der Waals surface area contributed by atoms with Crippen molar-refractivity contribution in [1.82, 2.24) is 20.2 Å². The zero-order chi connectivity index (χ0) is 20.8. The number of benzene rings is 3. The summed E-state index contributed by atoms with van der Waals surface area (Å²) in [5.41, 5.74) is 2.89. The quantitative estimate of drug-likeness (QED) is 0.400. The van der Waals surface area contributed by atoms with E-state index in [1.54, 1.807) is 4.68 Å². The van der Waals surface area contributed by atoms with E-state index in [4.69, 9.17) is 21.1 Å². The minimum atomic E-state index is 0.431. The van der Waals surface area contributed by atoms with Crippen molar-refractivity contribution in [3.8, 4) is 22.9 Å². The number of hydrogen-bond donors (Lipinski definition) is 0. The fourth-order valence-corrected chi connectivity index (χ4v) is 3.29. The van der Waals surface area contributed by atoms with Crippen LogP contribution in [0.1, 0.15) is 18.1 Å². The lowest BCUT2D eigenvalue weighted by molar-refractivity contribution is 0.302. The summed E-state index contributed by atoms with van der Waals surface area (Å²) in [4.78, 5) is 0. The molecule has 0 aliphatic rings. The van der Waals surface area contributed by atoms with Gasteiger partial charge in [-0.2, -0.15) is 0 Å². The van der Waals surface area contributed by atoms with E-state index in [2.05, 4.69) is 15.5 Å². The van der Waals surface area contributed by atoms with E-state index >= 15 is 0 Å². The third-order valence-electron chi connectivity index (χ3n) is 4.54. The molecule has 1 heterocycles. The van der Waals surface area contributed by atoms with Crippen molar-refractivity contribution in [1.29, 1.82) is 0 Å². The van der Waals surface area contributed by atoms with Crippen LogP contribution in [0.5, 0.6) is 11.5 Å². The maximum atomic E-state index is 6.25. The Morgan fingerprint density at radius 1 is 0.933 bits per heavy atom. The predicted molar refractivity (Wildman–Crippen MR) is 116 cm³/mol. The maximum Gasteiger partial charge on any atom is 0.182 e. The van der Waals surface area contributed by atoms with Crippen LogP contribution in [0.15, 0.2) is 72.8 Å². The van der Waals surface area contributed by atoms with Gasteiger partial charge in [0.05, 0.1) is 13.2 Å². The number of tetrazole rings is 1. The minimum Gasteiger partial charge on any atom is -0.494 e. The SMILES string of the molecule is CCOc1ccc(-c2nnnn2Cc2cc(Cl)ccc2OCc2ccccc2)cc1. The van der Waals surface area contributed by atoms with Crippen LogP contribution >= 0.6 is 11.6 Å². The molecule has 0 unspecified atom stereocenters. The fraction of sp³-hybridized carbons (Fsp3) is 0.174. The molecule has 3 aromatic carbocycles. The second-order valence-corrected chi connectivity index (χ2v) is 7.08. The lowest BCUT2D eigenvalue weighted by Crippen LogP contribution is -2.07. The van der Waals surface area contributed by atoms with E-state index in [-0.39, 0.29) is 0 Å². The summed E-state index contributed by atoms with van der Waals surface area (Å²) < 4.78 is 13.3. The molecule has 0 spiro atoms. The molecule has 0 fully saturated rings. The van der Waals surface area contributed by atoms with Crippen LogP contribution in [0.3, 0.4) is 0 Å². The molecule has 6 nitrogen and oxygen atoms in total. The van der Waals surface area contributed by atoms with E-state index in [0.29, 0.717) is 30.6 Å². The smallest absolute Gasteiger partial charge is 0.182 e. The van der Waals surface area contributed by atoms with Crippen molar-refractivity contribution in [2.75, 3.05) is 6.61 Å². The van der Waals surface area contributed by atoms with Gasteiger partial charge in [0.2, 0.25) is 0 Å². The van der Waals surface area contributed by atoms with Crippen LogP contribution in [0.2, 0.25) is 5.02 Å². The van der Waals surface area contributed by atoms with Crippen LogP contribution in [0.25, 0.3) is 11.4 Å². The highest BCUT2D eigenvalue weighted by Crippen LogP contribution is 2.27. The molecular formula is C23H21ClN4O2. The molecule has 0 aliphatic heterocycles. The van der Waals surface area contributed by atoms with Gasteiger partial charge in [-0.15, -0.1) is 5.10 Å². The molecule has 1 aromatic heterocycles. The molecule has 30 heavy (non-hydrogen) atoms. The Bertz CT molecular complexity index is 1100. The monoisotopic (exact) mass is 420 g/mol. The van der Waals surface area contributed by atoms with Crippen molar-refractivity contribution in [2.24, 2.45) is 0 Å². The van der Waals surface area contributed by atoms with Gasteiger partial charge in [-0.05, 0) is 65.4 Å². The highest BCUT2D eigenvalue weighted by molar-refractivity contribution is 6.30. The van der Waals surface area contributed by atoms with Crippen LogP contribution in [-0.2, 0) is 13.2 Å². The molecule has 4 rings (SSSR count). The first-order chi connectivity index (χ1) is 14.7. The molecule has 0 atom stereocenters. The Morgan fingerprint density at radius 3 is 2.50 bits per heavy atom. The van der Waals surface area contributed by atoms with Gasteiger partial charge in [-0.1, -0.05) is 41.9 Å². The summed E-state index contributed by atoms with van der Waals surface area (Å²) in [6.07, 6.45) is 0. The summed E-state index contributed by atoms with van der Waals surface area (Å²) >= 11 is 6.25. The summed E-state index contributed by atoms with van der Waals surface area (Å²) in [5, 5.41) is 12.8. The summed E-state index contributed by atoms with van der Waals surface area (Å²) in [6, 6.07) is 23.3. The number of ether oxygens (including phenoxy) is 2. The standard InChI is InChI=1S/C23H21ClN4O2/c1-2-29-21-11-8-18(9-12-21)23-25-26-27-28(23)15-19-14-20(24)10-13-22(19)30-16-17-6-4-3-5-7-17/h3-14H,2,15-16H2,1H3. The van der Waals surface area contributed by atoms with Gasteiger partial charge in [-0.3, -0.25) is 0 Å². The van der Waals surface area contributed by atoms with Crippen molar-refractivity contribution in [2.45, 2.75) is 20.1 Å². The van der Waals surface area contributed by atoms with Gasteiger partial charge < -0.3 is 9.47 Å². The number of rotatable bonds is 8. The van der Waals surface area contributed by atoms with E-state index < -0.39 is 0 Å². The number of nitrogens with zero attached hydrogens (tertiary/aromatic N) is 4. The van der Waals surface area contributed by atoms with Gasteiger partial charge in [-0.25, -0.2) is 4.68 Å². The largest absolute Gasteiger partial charge is 0.494 e. The number of halogens is 1. The van der Waals surface area contributed by atoms with E-state index in [9.17, 15) is 0 Å². The second-order valence-electron chi connectivity index (χ2n) is 6.64. The molecule has 0 aliphatic carbocycles. The minimum absolute atomic E-state index is 0.431. The molecule has 0 bridgehead atoms. The van der Waals surface area contributed by atoms with Crippen molar-refractivity contribution >= 4 is 11.6 Å². The molecular weight excluding hydrogens is 400 g/mol. The van der Waals surface area contributed by atoms with Gasteiger partial charge >= 0.3 is 0 Å². The average molecular weight is 421 g/mol. The highest BCUT2D eigenvalue weighted by Gasteiger charge is 2.13. The third-order valence-corrected chi connectivity index (χ3v) is 4.77. The Labute approximate surface area is 180 Å². The third kappa shape index (κ3) is 4.78. The van der Waals surface area contributed by atoms with E-state index in [0.717, 1.165) is 28.2 Å². The second kappa shape index (κ2) is 9.41. The van der Waals surface area contributed by atoms with Gasteiger partial charge in [0.25, 0.3) is 0 Å². The molecule has 0 amide bonds. The Hall–Kier alpha value is -3.38. The molecule has 0 saturated heterocycles. The topological polar surface area (TPSA) is 62.1 Å². The molecule has 4 aromatic rings. The zero-order valence-corrected chi connectivity index (χ0v) is 17.3. The first-order valence-electron chi connectivity index (χ1n) is 9.67. The van der Waals surface area contributed by atoms with Gasteiger partial charge in [0.15, 0.2) is 5.82 Å². The lowest BCUT2D eigenvalue weighted by Gasteiger charge is -2.13. The van der Waals surface area contributed by atoms with E-state index in [1.807, 2.05) is 79.7 Å². The zero-order valence-electron chi connectivity index (χ0n) is 16.5. The van der Waals surface area contributed by atoms with Gasteiger partial charge in [0.1, 0.15) is 18.1 Å². The molecule has 7 heteroatoms. The number of aromatic nitrogens is 4. The molecule has 0 radical (unpaired) electrons. The first kappa shape index (κ1) is 19.9. The lowest BCUT2D eigenvalue weighted by atomic mass is 10.1. The van der Waals surface area contributed by atoms with Crippen LogP contribution in [-0.4, -0.2) is 26.8 Å². The maximum absolute atomic E-state index is 6.25. The highest BCUT2D eigenvalue weighted by atomic mass is 35.5. The summed E-state index contributed by atoms with van der Waals surface area (Å²) in [7, 11) is 0. The Kier molecular flexibility index (Phi) is 6.25. The Morgan fingerprint density at radius 2 is 1.73 bits per heavy atom. The van der Waals surface area contributed by atoms with Crippen molar-refractivity contribution < 1.29 is 9.47 Å². The number of hydrogen-bond acceptors (Lipinski definition) is 5. The van der Waals surface area contributed by atoms with Crippen LogP contribution in [0, 0.1) is 0 Å². The van der Waals surface area contributed by atoms with Crippen LogP contribution in [0.4, 0.5) is 0 Å². The molecule has 0 saturated carbocycles. The normalized spacial score (nSPS) is 10.7.